The molecule has 0 bridgehead atoms. The Kier molecular flexibility index (Phi) is 5.00. The van der Waals surface area contributed by atoms with Gasteiger partial charge in [-0.2, -0.15) is 0 Å². The summed E-state index contributed by atoms with van der Waals surface area (Å²) >= 11 is 1.84. The largest absolute Gasteiger partial charge is 0.338 e. The molecule has 3 heterocycles. The molecule has 1 aliphatic heterocycles. The Morgan fingerprint density at radius 3 is 2.24 bits per heavy atom. The summed E-state index contributed by atoms with van der Waals surface area (Å²) in [4.78, 5) is 6.85. The summed E-state index contributed by atoms with van der Waals surface area (Å²) in [7, 11) is 0. The summed E-state index contributed by atoms with van der Waals surface area (Å²) in [6.45, 7) is 4.67. The fourth-order valence-corrected chi connectivity index (χ4v) is 9.03. The molecular weight excluding hydrogens is 567 g/mol. The molecule has 10 rings (SSSR count). The number of hydrogen-bond donors (Lipinski definition) is 1. The van der Waals surface area contributed by atoms with Gasteiger partial charge in [0.05, 0.1) is 21.6 Å². The van der Waals surface area contributed by atoms with Gasteiger partial charge in [0, 0.05) is 31.8 Å². The van der Waals surface area contributed by atoms with Crippen LogP contribution in [0.25, 0.3) is 53.8 Å². The number of nitrogens with one attached hydrogen (secondary N) is 1. The van der Waals surface area contributed by atoms with E-state index in [2.05, 4.69) is 151 Å². The second kappa shape index (κ2) is 8.93. The van der Waals surface area contributed by atoms with Crippen molar-refractivity contribution in [1.29, 1.82) is 0 Å². The summed E-state index contributed by atoms with van der Waals surface area (Å²) < 4.78 is 3.74. The molecule has 1 unspecified atom stereocenters. The number of para-hydroxylation sites is 1. The average Bonchev–Trinajstić information content (AvgIpc) is 3.69. The smallest absolute Gasteiger partial charge is 0.165 e. The fourth-order valence-electron chi connectivity index (χ4n) is 7.84. The lowest BCUT2D eigenvalue weighted by Crippen LogP contribution is -2.24. The molecule has 0 fully saturated rings. The van der Waals surface area contributed by atoms with Gasteiger partial charge >= 0.3 is 0 Å². The molecule has 0 spiro atoms. The number of thiophene rings is 1. The van der Waals surface area contributed by atoms with E-state index in [-0.39, 0.29) is 11.6 Å². The maximum Gasteiger partial charge on any atom is 0.165 e. The molecule has 0 saturated carbocycles. The SMILES string of the molecule is CC1(C)c2ccccc2-c2cc(C3=NC(n4c5ccccc5c5cc6ccccc6cc54)c4sc5ccccc5c4N3)ccc21. The monoisotopic (exact) mass is 595 g/mol. The molecule has 2 aromatic heterocycles. The van der Waals surface area contributed by atoms with E-state index in [1.165, 1.54) is 75.5 Å². The van der Waals surface area contributed by atoms with Gasteiger partial charge in [0.1, 0.15) is 5.84 Å². The molecule has 0 radical (unpaired) electrons. The highest BCUT2D eigenvalue weighted by Gasteiger charge is 2.36. The Balaban J connectivity index is 1.25. The Morgan fingerprint density at radius 2 is 1.36 bits per heavy atom. The van der Waals surface area contributed by atoms with Gasteiger partial charge in [0.2, 0.25) is 0 Å². The van der Waals surface area contributed by atoms with Crippen LogP contribution in [0.2, 0.25) is 0 Å². The molecule has 45 heavy (non-hydrogen) atoms. The fraction of sp³-hybridized carbons (Fsp3) is 0.0976. The van der Waals surface area contributed by atoms with Crippen molar-refractivity contribution in [2.75, 3.05) is 5.32 Å². The highest BCUT2D eigenvalue weighted by molar-refractivity contribution is 7.20. The number of aliphatic imine (C=N–C) groups is 1. The molecule has 214 valence electrons. The van der Waals surface area contributed by atoms with Crippen LogP contribution < -0.4 is 5.32 Å². The first-order valence-electron chi connectivity index (χ1n) is 15.6. The summed E-state index contributed by atoms with van der Waals surface area (Å²) in [6.07, 6.45) is -0.214. The van der Waals surface area contributed by atoms with Crippen molar-refractivity contribution in [2.24, 2.45) is 4.99 Å². The van der Waals surface area contributed by atoms with Gasteiger partial charge in [0.15, 0.2) is 6.17 Å². The van der Waals surface area contributed by atoms with Gasteiger partial charge in [-0.25, -0.2) is 4.99 Å². The predicted molar refractivity (Wildman–Crippen MR) is 191 cm³/mol. The van der Waals surface area contributed by atoms with Gasteiger partial charge in [-0.3, -0.25) is 0 Å². The van der Waals surface area contributed by atoms with E-state index >= 15 is 0 Å². The standard InChI is InChI=1S/C41H29N3S/c1-41(2)32-16-8-5-13-27(32)30-22-26(19-20-33(30)41)39-42-37-29-15-7-10-18-36(29)45-38(37)40(43-39)44-34-17-9-6-14-28(34)31-21-24-11-3-4-12-25(24)23-35(31)44/h3-23,40H,1-2H3,(H,42,43). The number of benzene rings is 6. The van der Waals surface area contributed by atoms with E-state index in [1.54, 1.807) is 0 Å². The van der Waals surface area contributed by atoms with E-state index in [9.17, 15) is 0 Å². The van der Waals surface area contributed by atoms with Crippen LogP contribution in [0, 0.1) is 0 Å². The van der Waals surface area contributed by atoms with Crippen LogP contribution in [0.15, 0.2) is 132 Å². The maximum atomic E-state index is 5.61. The molecule has 1 aliphatic carbocycles. The summed E-state index contributed by atoms with van der Waals surface area (Å²) in [6, 6.07) is 46.7. The molecule has 0 saturated heterocycles. The second-order valence-corrected chi connectivity index (χ2v) is 13.9. The van der Waals surface area contributed by atoms with Gasteiger partial charge in [0.25, 0.3) is 0 Å². The van der Waals surface area contributed by atoms with E-state index in [0.29, 0.717) is 0 Å². The van der Waals surface area contributed by atoms with Crippen molar-refractivity contribution in [1.82, 2.24) is 4.57 Å². The van der Waals surface area contributed by atoms with E-state index in [1.807, 2.05) is 11.3 Å². The van der Waals surface area contributed by atoms with E-state index in [0.717, 1.165) is 11.4 Å². The number of hydrogen-bond acceptors (Lipinski definition) is 3. The van der Waals surface area contributed by atoms with Crippen molar-refractivity contribution < 1.29 is 0 Å². The molecule has 8 aromatic rings. The summed E-state index contributed by atoms with van der Waals surface area (Å²) in [5.74, 6) is 0.910. The molecule has 2 aliphatic rings. The minimum Gasteiger partial charge on any atom is -0.338 e. The zero-order valence-electron chi connectivity index (χ0n) is 25.0. The molecular formula is C41H29N3S. The number of rotatable bonds is 2. The van der Waals surface area contributed by atoms with Crippen molar-refractivity contribution in [2.45, 2.75) is 25.4 Å². The highest BCUT2D eigenvalue weighted by Crippen LogP contribution is 2.50. The maximum absolute atomic E-state index is 5.61. The third kappa shape index (κ3) is 3.43. The van der Waals surface area contributed by atoms with Crippen LogP contribution in [-0.2, 0) is 5.41 Å². The van der Waals surface area contributed by atoms with Crippen molar-refractivity contribution in [3.05, 3.63) is 149 Å². The first kappa shape index (κ1) is 25.2. The Morgan fingerprint density at radius 1 is 0.644 bits per heavy atom. The molecule has 4 heteroatoms. The van der Waals surface area contributed by atoms with E-state index < -0.39 is 0 Å². The van der Waals surface area contributed by atoms with Crippen LogP contribution in [0.3, 0.4) is 0 Å². The first-order valence-corrected chi connectivity index (χ1v) is 16.4. The van der Waals surface area contributed by atoms with Gasteiger partial charge in [-0.05, 0) is 63.4 Å². The Labute approximate surface area is 265 Å². The number of fused-ring (bicyclic) bond motifs is 10. The zero-order valence-corrected chi connectivity index (χ0v) is 25.8. The summed E-state index contributed by atoms with van der Waals surface area (Å²) in [5.41, 5.74) is 10.0. The van der Waals surface area contributed by atoms with Crippen LogP contribution in [0.4, 0.5) is 5.69 Å². The van der Waals surface area contributed by atoms with Crippen molar-refractivity contribution >= 4 is 65.5 Å². The molecule has 1 atom stereocenters. The lowest BCUT2D eigenvalue weighted by molar-refractivity contribution is 0.660. The minimum atomic E-state index is -0.214. The molecule has 1 N–H and O–H groups in total. The minimum absolute atomic E-state index is 0.0305. The predicted octanol–water partition coefficient (Wildman–Crippen LogP) is 10.9. The third-order valence-corrected chi connectivity index (χ3v) is 11.2. The lowest BCUT2D eigenvalue weighted by Gasteiger charge is -2.26. The Bertz CT molecular complexity index is 2560. The normalized spacial score (nSPS) is 16.5. The number of aromatic nitrogens is 1. The molecule has 0 amide bonds. The zero-order chi connectivity index (χ0) is 29.9. The third-order valence-electron chi connectivity index (χ3n) is 10.0. The molecule has 3 nitrogen and oxygen atoms in total. The quantitative estimate of drug-likeness (QED) is 0.212. The van der Waals surface area contributed by atoms with Crippen LogP contribution in [0.1, 0.15) is 41.6 Å². The van der Waals surface area contributed by atoms with Crippen LogP contribution in [0.5, 0.6) is 0 Å². The van der Waals surface area contributed by atoms with Crippen LogP contribution in [-0.4, -0.2) is 10.4 Å². The lowest BCUT2D eigenvalue weighted by atomic mass is 9.82. The van der Waals surface area contributed by atoms with Gasteiger partial charge in [-0.15, -0.1) is 11.3 Å². The second-order valence-electron chi connectivity index (χ2n) is 12.8. The van der Waals surface area contributed by atoms with E-state index in [4.69, 9.17) is 4.99 Å². The van der Waals surface area contributed by atoms with Crippen LogP contribution >= 0.6 is 11.3 Å². The number of nitrogens with zero attached hydrogens (tertiary/aromatic N) is 2. The Hall–Kier alpha value is -5.19. The van der Waals surface area contributed by atoms with Crippen molar-refractivity contribution in [3.8, 4) is 11.1 Å². The average molecular weight is 596 g/mol. The molecule has 6 aromatic carbocycles. The van der Waals surface area contributed by atoms with Crippen molar-refractivity contribution in [3.63, 3.8) is 0 Å². The van der Waals surface area contributed by atoms with Gasteiger partial charge < -0.3 is 9.88 Å². The summed E-state index contributed by atoms with van der Waals surface area (Å²) in [5, 5.41) is 10.1. The number of anilines is 1. The number of amidine groups is 1. The van der Waals surface area contributed by atoms with Gasteiger partial charge in [-0.1, -0.05) is 111 Å². The topological polar surface area (TPSA) is 29.3 Å². The highest BCUT2D eigenvalue weighted by atomic mass is 32.1. The first-order chi connectivity index (χ1) is 22.1.